The quantitative estimate of drug-likeness (QED) is 0.663. The SMILES string of the molecule is Cc1cc(C)cc(NC(N)=NCC(C)N2CCC(C)CC2)c1. The summed E-state index contributed by atoms with van der Waals surface area (Å²) >= 11 is 0. The molecule has 1 aliphatic rings. The van der Waals surface area contributed by atoms with Gasteiger partial charge in [-0.3, -0.25) is 9.89 Å². The predicted octanol–water partition coefficient (Wildman–Crippen LogP) is 3.15. The molecule has 0 saturated carbocycles. The smallest absolute Gasteiger partial charge is 0.193 e. The standard InChI is InChI=1S/C18H30N4/c1-13-5-7-22(8-6-13)16(4)12-20-18(19)21-17-10-14(2)9-15(3)11-17/h9-11,13,16H,5-8,12H2,1-4H3,(H3,19,20,21). The van der Waals surface area contributed by atoms with E-state index in [1.54, 1.807) is 0 Å². The molecule has 1 aromatic rings. The van der Waals surface area contributed by atoms with Gasteiger partial charge in [-0.05, 0) is 75.9 Å². The zero-order valence-electron chi connectivity index (χ0n) is 14.4. The molecule has 4 nitrogen and oxygen atoms in total. The van der Waals surface area contributed by atoms with Gasteiger partial charge in [0.2, 0.25) is 0 Å². The fourth-order valence-electron chi connectivity index (χ4n) is 3.05. The Balaban J connectivity index is 1.86. The molecule has 1 atom stereocenters. The Kier molecular flexibility index (Phi) is 5.83. The summed E-state index contributed by atoms with van der Waals surface area (Å²) in [6, 6.07) is 6.78. The number of aryl methyl sites for hydroxylation is 2. The van der Waals surface area contributed by atoms with Crippen molar-refractivity contribution < 1.29 is 0 Å². The second-order valence-corrected chi connectivity index (χ2v) is 6.79. The number of likely N-dealkylation sites (tertiary alicyclic amines) is 1. The number of guanidine groups is 1. The Morgan fingerprint density at radius 2 is 1.86 bits per heavy atom. The Bertz CT molecular complexity index is 496. The molecule has 0 amide bonds. The molecule has 0 aliphatic carbocycles. The number of benzene rings is 1. The number of hydrogen-bond donors (Lipinski definition) is 2. The monoisotopic (exact) mass is 302 g/mol. The number of hydrogen-bond acceptors (Lipinski definition) is 2. The molecule has 22 heavy (non-hydrogen) atoms. The molecule has 4 heteroatoms. The average molecular weight is 302 g/mol. The topological polar surface area (TPSA) is 53.6 Å². The summed E-state index contributed by atoms with van der Waals surface area (Å²) in [4.78, 5) is 7.04. The van der Waals surface area contributed by atoms with E-state index in [1.807, 2.05) is 0 Å². The summed E-state index contributed by atoms with van der Waals surface area (Å²) < 4.78 is 0. The van der Waals surface area contributed by atoms with Crippen molar-refractivity contribution in [3.63, 3.8) is 0 Å². The molecule has 1 saturated heterocycles. The maximum atomic E-state index is 6.03. The van der Waals surface area contributed by atoms with E-state index in [1.165, 1.54) is 37.1 Å². The Hall–Kier alpha value is -1.55. The number of nitrogens with two attached hydrogens (primary N) is 1. The summed E-state index contributed by atoms with van der Waals surface area (Å²) in [6.45, 7) is 11.9. The van der Waals surface area contributed by atoms with Crippen LogP contribution in [0.3, 0.4) is 0 Å². The van der Waals surface area contributed by atoms with Crippen LogP contribution < -0.4 is 11.1 Å². The van der Waals surface area contributed by atoms with Crippen LogP contribution in [-0.4, -0.2) is 36.5 Å². The van der Waals surface area contributed by atoms with Gasteiger partial charge in [0.1, 0.15) is 0 Å². The maximum Gasteiger partial charge on any atom is 0.193 e. The second kappa shape index (κ2) is 7.63. The first kappa shape index (κ1) is 16.8. The van der Waals surface area contributed by atoms with Crippen molar-refractivity contribution in [1.82, 2.24) is 4.90 Å². The molecular formula is C18H30N4. The van der Waals surface area contributed by atoms with Gasteiger partial charge in [-0.15, -0.1) is 0 Å². The highest BCUT2D eigenvalue weighted by atomic mass is 15.2. The van der Waals surface area contributed by atoms with E-state index >= 15 is 0 Å². The minimum atomic E-state index is 0.451. The van der Waals surface area contributed by atoms with E-state index in [2.05, 4.69) is 61.1 Å². The van der Waals surface area contributed by atoms with E-state index in [0.29, 0.717) is 12.0 Å². The molecule has 1 unspecified atom stereocenters. The molecule has 122 valence electrons. The lowest BCUT2D eigenvalue weighted by atomic mass is 9.98. The fourth-order valence-corrected chi connectivity index (χ4v) is 3.05. The van der Waals surface area contributed by atoms with Crippen LogP contribution in [0.5, 0.6) is 0 Å². The number of rotatable bonds is 4. The van der Waals surface area contributed by atoms with Crippen molar-refractivity contribution in [2.45, 2.75) is 46.6 Å². The van der Waals surface area contributed by atoms with Crippen LogP contribution in [0, 0.1) is 19.8 Å². The molecule has 1 heterocycles. The lowest BCUT2D eigenvalue weighted by Crippen LogP contribution is -2.41. The van der Waals surface area contributed by atoms with Crippen molar-refractivity contribution in [1.29, 1.82) is 0 Å². The van der Waals surface area contributed by atoms with Gasteiger partial charge in [-0.2, -0.15) is 0 Å². The first-order valence-electron chi connectivity index (χ1n) is 8.33. The molecule has 0 spiro atoms. The summed E-state index contributed by atoms with van der Waals surface area (Å²) in [5.74, 6) is 1.37. The van der Waals surface area contributed by atoms with Gasteiger partial charge in [0.05, 0.1) is 6.54 Å². The molecule has 1 aromatic carbocycles. The molecule has 1 fully saturated rings. The lowest BCUT2D eigenvalue weighted by molar-refractivity contribution is 0.150. The third kappa shape index (κ3) is 5.02. The van der Waals surface area contributed by atoms with Crippen molar-refractivity contribution >= 4 is 11.6 Å². The minimum absolute atomic E-state index is 0.451. The summed E-state index contributed by atoms with van der Waals surface area (Å²) in [6.07, 6.45) is 2.59. The van der Waals surface area contributed by atoms with Crippen LogP contribution >= 0.6 is 0 Å². The van der Waals surface area contributed by atoms with Gasteiger partial charge in [0.15, 0.2) is 5.96 Å². The average Bonchev–Trinajstić information content (AvgIpc) is 2.44. The van der Waals surface area contributed by atoms with Crippen LogP contribution in [0.4, 0.5) is 5.69 Å². The summed E-state index contributed by atoms with van der Waals surface area (Å²) in [7, 11) is 0. The summed E-state index contributed by atoms with van der Waals surface area (Å²) in [5.41, 5.74) is 9.49. The molecular weight excluding hydrogens is 272 g/mol. The van der Waals surface area contributed by atoms with Crippen molar-refractivity contribution in [3.05, 3.63) is 29.3 Å². The van der Waals surface area contributed by atoms with Gasteiger partial charge < -0.3 is 11.1 Å². The number of anilines is 1. The third-order valence-electron chi connectivity index (χ3n) is 4.46. The molecule has 0 bridgehead atoms. The second-order valence-electron chi connectivity index (χ2n) is 6.79. The van der Waals surface area contributed by atoms with Crippen LogP contribution in [0.2, 0.25) is 0 Å². The van der Waals surface area contributed by atoms with Crippen molar-refractivity contribution in [3.8, 4) is 0 Å². The fraction of sp³-hybridized carbons (Fsp3) is 0.611. The highest BCUT2D eigenvalue weighted by Gasteiger charge is 2.19. The zero-order chi connectivity index (χ0) is 16.1. The lowest BCUT2D eigenvalue weighted by Gasteiger charge is -2.34. The van der Waals surface area contributed by atoms with Gasteiger partial charge >= 0.3 is 0 Å². The molecule has 0 radical (unpaired) electrons. The van der Waals surface area contributed by atoms with Crippen molar-refractivity contribution in [2.75, 3.05) is 25.0 Å². The first-order chi connectivity index (χ1) is 10.4. The number of piperidine rings is 1. The Labute approximate surface area is 134 Å². The van der Waals surface area contributed by atoms with Crippen molar-refractivity contribution in [2.24, 2.45) is 16.6 Å². The zero-order valence-corrected chi connectivity index (χ0v) is 14.4. The molecule has 0 aromatic heterocycles. The van der Waals surface area contributed by atoms with E-state index in [0.717, 1.165) is 18.2 Å². The van der Waals surface area contributed by atoms with Gasteiger partial charge in [0.25, 0.3) is 0 Å². The van der Waals surface area contributed by atoms with E-state index in [4.69, 9.17) is 5.73 Å². The first-order valence-corrected chi connectivity index (χ1v) is 8.33. The van der Waals surface area contributed by atoms with Crippen LogP contribution in [0.15, 0.2) is 23.2 Å². The Morgan fingerprint density at radius 1 is 1.27 bits per heavy atom. The molecule has 2 rings (SSSR count). The minimum Gasteiger partial charge on any atom is -0.370 e. The van der Waals surface area contributed by atoms with E-state index in [9.17, 15) is 0 Å². The maximum absolute atomic E-state index is 6.03. The third-order valence-corrected chi connectivity index (χ3v) is 4.46. The summed E-state index contributed by atoms with van der Waals surface area (Å²) in [5, 5.41) is 3.20. The van der Waals surface area contributed by atoms with Gasteiger partial charge in [-0.1, -0.05) is 13.0 Å². The predicted molar refractivity (Wildman–Crippen MR) is 95.5 cm³/mol. The van der Waals surface area contributed by atoms with E-state index < -0.39 is 0 Å². The van der Waals surface area contributed by atoms with E-state index in [-0.39, 0.29) is 0 Å². The molecule has 1 aliphatic heterocycles. The largest absolute Gasteiger partial charge is 0.370 e. The van der Waals surface area contributed by atoms with Gasteiger partial charge in [0, 0.05) is 11.7 Å². The Morgan fingerprint density at radius 3 is 2.45 bits per heavy atom. The highest BCUT2D eigenvalue weighted by molar-refractivity contribution is 5.92. The number of nitrogens with one attached hydrogen (secondary N) is 1. The van der Waals surface area contributed by atoms with Crippen LogP contribution in [0.1, 0.15) is 37.8 Å². The normalized spacial score (nSPS) is 19.2. The van der Waals surface area contributed by atoms with Crippen LogP contribution in [0.25, 0.3) is 0 Å². The number of aliphatic imine (C=N–C) groups is 1. The van der Waals surface area contributed by atoms with Gasteiger partial charge in [-0.25, -0.2) is 0 Å². The van der Waals surface area contributed by atoms with Crippen LogP contribution in [-0.2, 0) is 0 Å². The number of nitrogens with zero attached hydrogens (tertiary/aromatic N) is 2. The molecule has 3 N–H and O–H groups in total. The highest BCUT2D eigenvalue weighted by Crippen LogP contribution is 2.18.